The van der Waals surface area contributed by atoms with Crippen LogP contribution >= 0.6 is 0 Å². The Kier molecular flexibility index (Phi) is 5.48. The summed E-state index contributed by atoms with van der Waals surface area (Å²) >= 11 is 0. The van der Waals surface area contributed by atoms with Crippen molar-refractivity contribution in [3.63, 3.8) is 0 Å². The Bertz CT molecular complexity index is 691. The van der Waals surface area contributed by atoms with Crippen molar-refractivity contribution in [2.45, 2.75) is 64.1 Å². The molecular formula is C22H31N3O2. The average molecular weight is 370 g/mol. The molecule has 2 atom stereocenters. The first-order valence-corrected chi connectivity index (χ1v) is 10.5. The van der Waals surface area contributed by atoms with Gasteiger partial charge in [0.15, 0.2) is 0 Å². The molecule has 0 spiro atoms. The van der Waals surface area contributed by atoms with Gasteiger partial charge in [0, 0.05) is 38.0 Å². The molecule has 1 heterocycles. The number of carbonyl (C=O) groups excluding carboxylic acids is 2. The van der Waals surface area contributed by atoms with E-state index in [0.29, 0.717) is 37.4 Å². The Balaban J connectivity index is 1.31. The van der Waals surface area contributed by atoms with Crippen LogP contribution in [0.5, 0.6) is 0 Å². The van der Waals surface area contributed by atoms with Crippen molar-refractivity contribution in [3.05, 3.63) is 35.4 Å². The van der Waals surface area contributed by atoms with Crippen LogP contribution in [0.1, 0.15) is 56.1 Å². The molecule has 27 heavy (non-hydrogen) atoms. The Hall–Kier alpha value is -1.88. The van der Waals surface area contributed by atoms with Crippen molar-refractivity contribution < 1.29 is 9.59 Å². The van der Waals surface area contributed by atoms with Crippen LogP contribution in [-0.4, -0.2) is 29.3 Å². The van der Waals surface area contributed by atoms with Gasteiger partial charge in [0.1, 0.15) is 0 Å². The number of hydrogen-bond donors (Lipinski definition) is 2. The number of hydrogen-bond acceptors (Lipinski definition) is 3. The fourth-order valence-corrected chi connectivity index (χ4v) is 5.27. The Morgan fingerprint density at radius 2 is 1.89 bits per heavy atom. The van der Waals surface area contributed by atoms with Gasteiger partial charge in [-0.3, -0.25) is 9.59 Å². The van der Waals surface area contributed by atoms with Crippen molar-refractivity contribution in [2.75, 3.05) is 6.54 Å². The largest absolute Gasteiger partial charge is 0.352 e. The fraction of sp³-hybridized carbons (Fsp3) is 0.636. The molecule has 1 aliphatic heterocycles. The van der Waals surface area contributed by atoms with Gasteiger partial charge in [-0.05, 0) is 55.1 Å². The van der Waals surface area contributed by atoms with Crippen molar-refractivity contribution in [1.82, 2.24) is 10.2 Å². The minimum Gasteiger partial charge on any atom is -0.352 e. The van der Waals surface area contributed by atoms with E-state index in [1.165, 1.54) is 19.3 Å². The molecule has 2 saturated carbocycles. The Morgan fingerprint density at radius 1 is 1.15 bits per heavy atom. The number of nitrogens with zero attached hydrogens (tertiary/aromatic N) is 1. The molecule has 0 radical (unpaired) electrons. The first kappa shape index (κ1) is 18.5. The monoisotopic (exact) mass is 369 g/mol. The smallest absolute Gasteiger partial charge is 0.223 e. The molecule has 146 valence electrons. The SMILES string of the molecule is NC1C2CCCC1CC(C(=O)NCc1cccc(CN3CCCC3=O)c1)C2. The molecule has 1 aromatic rings. The van der Waals surface area contributed by atoms with Gasteiger partial charge in [-0.2, -0.15) is 0 Å². The van der Waals surface area contributed by atoms with Crippen LogP contribution in [0.25, 0.3) is 0 Å². The second-order valence-corrected chi connectivity index (χ2v) is 8.65. The van der Waals surface area contributed by atoms with E-state index in [2.05, 4.69) is 17.4 Å². The molecular weight excluding hydrogens is 338 g/mol. The van der Waals surface area contributed by atoms with Crippen LogP contribution in [0.15, 0.2) is 24.3 Å². The van der Waals surface area contributed by atoms with E-state index in [9.17, 15) is 9.59 Å². The highest BCUT2D eigenvalue weighted by Crippen LogP contribution is 2.41. The van der Waals surface area contributed by atoms with E-state index in [4.69, 9.17) is 5.73 Å². The third-order valence-electron chi connectivity index (χ3n) is 6.79. The number of likely N-dealkylation sites (tertiary alicyclic amines) is 1. The van der Waals surface area contributed by atoms with Gasteiger partial charge in [-0.1, -0.05) is 30.7 Å². The molecule has 3 fully saturated rings. The van der Waals surface area contributed by atoms with Gasteiger partial charge in [-0.25, -0.2) is 0 Å². The van der Waals surface area contributed by atoms with E-state index >= 15 is 0 Å². The number of nitrogens with one attached hydrogen (secondary N) is 1. The summed E-state index contributed by atoms with van der Waals surface area (Å²) in [6.45, 7) is 2.08. The molecule has 2 unspecified atom stereocenters. The van der Waals surface area contributed by atoms with Crippen LogP contribution in [-0.2, 0) is 22.7 Å². The van der Waals surface area contributed by atoms with Gasteiger partial charge >= 0.3 is 0 Å². The third-order valence-corrected chi connectivity index (χ3v) is 6.79. The summed E-state index contributed by atoms with van der Waals surface area (Å²) in [5.74, 6) is 1.59. The maximum absolute atomic E-state index is 12.7. The van der Waals surface area contributed by atoms with Crippen LogP contribution < -0.4 is 11.1 Å². The van der Waals surface area contributed by atoms with Gasteiger partial charge in [0.2, 0.25) is 11.8 Å². The second kappa shape index (κ2) is 8.01. The maximum Gasteiger partial charge on any atom is 0.223 e. The number of nitrogens with two attached hydrogens (primary N) is 1. The lowest BCUT2D eigenvalue weighted by Crippen LogP contribution is -2.49. The second-order valence-electron chi connectivity index (χ2n) is 8.65. The van der Waals surface area contributed by atoms with Gasteiger partial charge in [0.25, 0.3) is 0 Å². The first-order valence-electron chi connectivity index (χ1n) is 10.5. The lowest BCUT2D eigenvalue weighted by molar-refractivity contribution is -0.128. The Labute approximate surface area is 161 Å². The van der Waals surface area contributed by atoms with Crippen LogP contribution in [0.4, 0.5) is 0 Å². The number of rotatable bonds is 5. The quantitative estimate of drug-likeness (QED) is 0.838. The molecule has 2 aliphatic carbocycles. The van der Waals surface area contributed by atoms with Gasteiger partial charge < -0.3 is 16.0 Å². The fourth-order valence-electron chi connectivity index (χ4n) is 5.27. The molecule has 5 nitrogen and oxygen atoms in total. The zero-order valence-electron chi connectivity index (χ0n) is 16.0. The molecule has 4 rings (SSSR count). The van der Waals surface area contributed by atoms with E-state index < -0.39 is 0 Å². The zero-order valence-corrected chi connectivity index (χ0v) is 16.0. The highest BCUT2D eigenvalue weighted by atomic mass is 16.2. The predicted octanol–water partition coefficient (Wildman–Crippen LogP) is 2.58. The van der Waals surface area contributed by atoms with Gasteiger partial charge in [-0.15, -0.1) is 0 Å². The molecule has 2 amide bonds. The van der Waals surface area contributed by atoms with Crippen LogP contribution in [0.3, 0.4) is 0 Å². The first-order chi connectivity index (χ1) is 13.1. The van der Waals surface area contributed by atoms with E-state index in [-0.39, 0.29) is 17.7 Å². The summed E-state index contributed by atoms with van der Waals surface area (Å²) < 4.78 is 0. The lowest BCUT2D eigenvalue weighted by Gasteiger charge is -2.43. The minimum atomic E-state index is 0.116. The number of fused-ring (bicyclic) bond motifs is 2. The van der Waals surface area contributed by atoms with Crippen molar-refractivity contribution in [3.8, 4) is 0 Å². The van der Waals surface area contributed by atoms with Crippen LogP contribution in [0.2, 0.25) is 0 Å². The van der Waals surface area contributed by atoms with E-state index in [0.717, 1.165) is 36.9 Å². The number of benzene rings is 1. The summed E-state index contributed by atoms with van der Waals surface area (Å²) in [5.41, 5.74) is 8.58. The van der Waals surface area contributed by atoms with Crippen LogP contribution in [0, 0.1) is 17.8 Å². The lowest BCUT2D eigenvalue weighted by atomic mass is 9.65. The van der Waals surface area contributed by atoms with E-state index in [1.54, 1.807) is 0 Å². The van der Waals surface area contributed by atoms with Gasteiger partial charge in [0.05, 0.1) is 0 Å². The summed E-state index contributed by atoms with van der Waals surface area (Å²) in [4.78, 5) is 26.4. The zero-order chi connectivity index (χ0) is 18.8. The summed E-state index contributed by atoms with van der Waals surface area (Å²) in [5, 5.41) is 3.14. The molecule has 0 aromatic heterocycles. The third kappa shape index (κ3) is 4.18. The molecule has 1 saturated heterocycles. The molecule has 5 heteroatoms. The summed E-state index contributed by atoms with van der Waals surface area (Å²) in [7, 11) is 0. The highest BCUT2D eigenvalue weighted by molar-refractivity contribution is 5.79. The number of amides is 2. The van der Waals surface area contributed by atoms with Crippen molar-refractivity contribution in [2.24, 2.45) is 23.5 Å². The van der Waals surface area contributed by atoms with E-state index in [1.807, 2.05) is 17.0 Å². The predicted molar refractivity (Wildman–Crippen MR) is 104 cm³/mol. The molecule has 1 aromatic carbocycles. The highest BCUT2D eigenvalue weighted by Gasteiger charge is 2.40. The Morgan fingerprint density at radius 3 is 2.59 bits per heavy atom. The van der Waals surface area contributed by atoms with Crippen molar-refractivity contribution >= 4 is 11.8 Å². The normalized spacial score (nSPS) is 30.4. The maximum atomic E-state index is 12.7. The van der Waals surface area contributed by atoms with Crippen molar-refractivity contribution in [1.29, 1.82) is 0 Å². The standard InChI is InChI=1S/C22H31N3O2/c23-21-17-6-2-7-18(21)12-19(11-17)22(27)24-13-15-4-1-5-16(10-15)14-25-9-3-8-20(25)26/h1,4-5,10,17-19,21H,2-3,6-9,11-14,23H2,(H,24,27). The molecule has 3 aliphatic rings. The molecule has 2 bridgehead atoms. The summed E-state index contributed by atoms with van der Waals surface area (Å²) in [6, 6.07) is 8.52. The summed E-state index contributed by atoms with van der Waals surface area (Å²) in [6.07, 6.45) is 7.15. The number of carbonyl (C=O) groups is 2. The molecule has 3 N–H and O–H groups in total. The minimum absolute atomic E-state index is 0.116. The topological polar surface area (TPSA) is 75.4 Å². The average Bonchev–Trinajstić information content (AvgIpc) is 3.04.